The third-order valence-corrected chi connectivity index (χ3v) is 15.2. The average molecular weight is 1420 g/mol. The molecule has 0 spiro atoms. The lowest BCUT2D eigenvalue weighted by Gasteiger charge is -2.29. The minimum atomic E-state index is -2.02. The summed E-state index contributed by atoms with van der Waals surface area (Å²) in [5.41, 5.74) is 34.2. The Hall–Kier alpha value is -9.30. The highest BCUT2D eigenvalue weighted by Gasteiger charge is 2.38. The van der Waals surface area contributed by atoms with E-state index in [4.69, 9.17) is 34.4 Å². The maximum atomic E-state index is 14.5. The molecule has 1 rings (SSSR count). The number of aromatic amines is 1. The van der Waals surface area contributed by atoms with Crippen LogP contribution < -0.4 is 92.9 Å². The number of nitrogens with two attached hydrogens (primary N) is 6. The molecule has 1 aromatic heterocycles. The number of nitrogens with one attached hydrogen (secondary N) is 12. The van der Waals surface area contributed by atoms with Crippen LogP contribution in [-0.2, 0) is 68.7 Å². The van der Waals surface area contributed by atoms with Crippen molar-refractivity contribution in [3.05, 3.63) is 18.2 Å². The van der Waals surface area contributed by atoms with Gasteiger partial charge in [0.2, 0.25) is 65.0 Å². The van der Waals surface area contributed by atoms with Gasteiger partial charge in [0.05, 0.1) is 32.0 Å². The van der Waals surface area contributed by atoms with E-state index in [-0.39, 0.29) is 107 Å². The Morgan fingerprint density at radius 3 is 1.18 bits per heavy atom. The van der Waals surface area contributed by atoms with E-state index in [1.165, 1.54) is 26.4 Å². The van der Waals surface area contributed by atoms with Crippen LogP contribution in [0.4, 0.5) is 0 Å². The number of aliphatic carboxylic acids is 2. The number of unbranched alkanes of at least 4 members (excludes halogenated alkanes) is 1. The number of aromatic nitrogens is 2. The molecule has 100 heavy (non-hydrogen) atoms. The molecule has 11 amide bonds. The van der Waals surface area contributed by atoms with Gasteiger partial charge in [-0.1, -0.05) is 69.2 Å². The number of carbonyl (C=O) groups is 13. The fourth-order valence-electron chi connectivity index (χ4n) is 9.93. The zero-order chi connectivity index (χ0) is 76.1. The number of hydrogen-bond donors (Lipinski definition) is 22. The number of carbonyl (C=O) groups excluding carboxylic acids is 11. The standard InChI is InChI=1S/C62H111N21O17/c1-30(2)21-36(64)49(88)73-39(17-14-20-71-62(67)68)52(91)82-47(33(7)8)59(98)79-41(23-32(5)6)54(93)80-44(27-84)57(96)75-37(15-11-12-18-63)50(89)76-40(22-31(3)4)53(92)74-38(16-13-19-70-61(65)66)51(90)78-43(25-46(86)87)55(94)81-45(28-85)58(97)77-42(24-35-26-69-29-72-35)56(95)83-48(34(9)10)60(99)100/h26,29-34,36-45,47-48,84-85H,11-25,27-28,63-64H2,1-10H3,(H,69,72)(H,73,88)(H,74,92)(H,75,96)(H,76,89)(H,77,97)(H,78,90)(H,79,98)(H,80,93)(H,81,94)(H,82,91)(H,83,95)(H,86,87)(H,99,100)(H4,65,66,70)(H4,67,68,71)/t36-,37-,38-,39-,40-,41-,42-,43-,44-,45-,47-,48-/m0/s1. The number of aliphatic hydroxyl groups is 2. The number of imidazole rings is 1. The molecule has 0 aliphatic heterocycles. The van der Waals surface area contributed by atoms with Crippen molar-refractivity contribution in [3.63, 3.8) is 0 Å². The summed E-state index contributed by atoms with van der Waals surface area (Å²) in [7, 11) is 0. The molecule has 0 saturated carbocycles. The lowest BCUT2D eigenvalue weighted by atomic mass is 9.99. The van der Waals surface area contributed by atoms with Crippen molar-refractivity contribution in [2.75, 3.05) is 32.8 Å². The highest BCUT2D eigenvalue weighted by molar-refractivity contribution is 6.00. The smallest absolute Gasteiger partial charge is 0.326 e. The van der Waals surface area contributed by atoms with Crippen LogP contribution in [0.2, 0.25) is 0 Å². The third kappa shape index (κ3) is 34.5. The number of amides is 11. The summed E-state index contributed by atoms with van der Waals surface area (Å²) in [6.07, 6.45) is 1.80. The van der Waals surface area contributed by atoms with Crippen LogP contribution in [0.25, 0.3) is 0 Å². The first-order chi connectivity index (χ1) is 46.8. The van der Waals surface area contributed by atoms with Gasteiger partial charge in [0.25, 0.3) is 0 Å². The maximum absolute atomic E-state index is 14.5. The van der Waals surface area contributed by atoms with E-state index in [0.29, 0.717) is 18.5 Å². The number of aliphatic imine (C=N–C) groups is 2. The average Bonchev–Trinajstić information content (AvgIpc) is 1.01. The van der Waals surface area contributed by atoms with Crippen molar-refractivity contribution < 1.29 is 82.8 Å². The molecule has 0 aliphatic rings. The van der Waals surface area contributed by atoms with Crippen molar-refractivity contribution in [2.24, 2.45) is 74.0 Å². The number of guanidine groups is 2. The van der Waals surface area contributed by atoms with Crippen molar-refractivity contribution >= 4 is 88.8 Å². The Kier molecular flexibility index (Phi) is 40.9. The molecule has 0 unspecified atom stereocenters. The lowest BCUT2D eigenvalue weighted by molar-refractivity contribution is -0.143. The molecule has 38 heteroatoms. The van der Waals surface area contributed by atoms with Crippen molar-refractivity contribution in [1.82, 2.24) is 68.5 Å². The largest absolute Gasteiger partial charge is 0.481 e. The summed E-state index contributed by atoms with van der Waals surface area (Å²) in [5.74, 6) is -16.1. The number of aliphatic hydroxyl groups excluding tert-OH is 2. The molecule has 28 N–H and O–H groups in total. The Balaban J connectivity index is 3.59. The first kappa shape index (κ1) is 88.7. The van der Waals surface area contributed by atoms with Crippen LogP contribution in [0.1, 0.15) is 146 Å². The Morgan fingerprint density at radius 1 is 0.440 bits per heavy atom. The van der Waals surface area contributed by atoms with Crippen molar-refractivity contribution in [2.45, 2.75) is 219 Å². The number of rotatable bonds is 49. The number of hydrogen-bond acceptors (Lipinski definition) is 20. The van der Waals surface area contributed by atoms with Gasteiger partial charge in [-0.15, -0.1) is 0 Å². The third-order valence-electron chi connectivity index (χ3n) is 15.2. The molecule has 0 fully saturated rings. The predicted molar refractivity (Wildman–Crippen MR) is 366 cm³/mol. The lowest BCUT2D eigenvalue weighted by Crippen LogP contribution is -2.62. The van der Waals surface area contributed by atoms with Crippen molar-refractivity contribution in [1.29, 1.82) is 0 Å². The molecule has 1 aromatic rings. The van der Waals surface area contributed by atoms with Gasteiger partial charge in [-0.25, -0.2) is 9.78 Å². The van der Waals surface area contributed by atoms with E-state index in [9.17, 15) is 82.8 Å². The minimum absolute atomic E-state index is 0.0166. The van der Waals surface area contributed by atoms with E-state index in [0.717, 1.165) is 0 Å². The molecule has 12 atom stereocenters. The molecule has 0 aromatic carbocycles. The van der Waals surface area contributed by atoms with Crippen LogP contribution in [0.5, 0.6) is 0 Å². The molecule has 0 aliphatic carbocycles. The van der Waals surface area contributed by atoms with Gasteiger partial charge in [-0.3, -0.25) is 67.5 Å². The second-order valence-corrected chi connectivity index (χ2v) is 26.3. The van der Waals surface area contributed by atoms with Gasteiger partial charge in [-0.2, -0.15) is 0 Å². The van der Waals surface area contributed by atoms with Gasteiger partial charge < -0.3 is 118 Å². The number of H-pyrrole nitrogens is 1. The van der Waals surface area contributed by atoms with Crippen LogP contribution >= 0.6 is 0 Å². The summed E-state index contributed by atoms with van der Waals surface area (Å²) in [4.78, 5) is 192. The SMILES string of the molecule is CC(C)C[C@H](NC(=O)[C@H](CCCCN)NC(=O)[C@H](CO)NC(=O)[C@H](CC(C)C)NC(=O)[C@@H](NC(=O)[C@H](CCCN=C(N)N)NC(=O)[C@@H](N)CC(C)C)C(C)C)C(=O)N[C@@H](CCCN=C(N)N)C(=O)N[C@@H](CC(=O)O)C(=O)N[C@@H](CO)C(=O)N[C@@H](Cc1cnc[nH]1)C(=O)N[C@H](C(=O)O)C(C)C. The Morgan fingerprint density at radius 2 is 0.790 bits per heavy atom. The Labute approximate surface area is 582 Å². The van der Waals surface area contributed by atoms with E-state index in [2.05, 4.69) is 78.4 Å². The molecule has 0 bridgehead atoms. The minimum Gasteiger partial charge on any atom is -0.481 e. The summed E-state index contributed by atoms with van der Waals surface area (Å²) in [5, 5.41) is 67.7. The number of carboxylic acids is 2. The highest BCUT2D eigenvalue weighted by Crippen LogP contribution is 2.14. The zero-order valence-electron chi connectivity index (χ0n) is 58.9. The van der Waals surface area contributed by atoms with Gasteiger partial charge in [0.15, 0.2) is 11.9 Å². The molecule has 566 valence electrons. The van der Waals surface area contributed by atoms with Crippen LogP contribution in [0, 0.1) is 29.6 Å². The fraction of sp³-hybridized carbons (Fsp3) is 0.710. The zero-order valence-corrected chi connectivity index (χ0v) is 58.9. The summed E-state index contributed by atoms with van der Waals surface area (Å²) in [6, 6.07) is -18.0. The van der Waals surface area contributed by atoms with Crippen LogP contribution in [-0.4, -0.2) is 225 Å². The van der Waals surface area contributed by atoms with Gasteiger partial charge in [-0.05, 0) is 100 Å². The summed E-state index contributed by atoms with van der Waals surface area (Å²) in [6.45, 7) is 15.0. The quantitative estimate of drug-likeness (QED) is 0.0164. The molecular formula is C62H111N21O17. The van der Waals surface area contributed by atoms with E-state index >= 15 is 0 Å². The van der Waals surface area contributed by atoms with E-state index in [1.54, 1.807) is 41.5 Å². The number of nitrogens with zero attached hydrogens (tertiary/aromatic N) is 3. The molecule has 1 heterocycles. The normalized spacial score (nSPS) is 14.9. The predicted octanol–water partition coefficient (Wildman–Crippen LogP) is -6.16. The van der Waals surface area contributed by atoms with Crippen LogP contribution in [0.15, 0.2) is 22.5 Å². The maximum Gasteiger partial charge on any atom is 0.326 e. The van der Waals surface area contributed by atoms with Crippen LogP contribution in [0.3, 0.4) is 0 Å². The first-order valence-corrected chi connectivity index (χ1v) is 33.4. The highest BCUT2D eigenvalue weighted by atomic mass is 16.4. The van der Waals surface area contributed by atoms with Gasteiger partial charge >= 0.3 is 11.9 Å². The van der Waals surface area contributed by atoms with Gasteiger partial charge in [0.1, 0.15) is 66.5 Å². The molecular weight excluding hydrogens is 1310 g/mol. The van der Waals surface area contributed by atoms with E-state index in [1.807, 2.05) is 13.8 Å². The molecule has 0 saturated heterocycles. The summed E-state index contributed by atoms with van der Waals surface area (Å²) < 4.78 is 0. The summed E-state index contributed by atoms with van der Waals surface area (Å²) >= 11 is 0. The van der Waals surface area contributed by atoms with E-state index < -0.39 is 181 Å². The topological polar surface area (TPSA) is 645 Å². The molecule has 0 radical (unpaired) electrons. The number of carboxylic acid groups (broad SMARTS) is 2. The second-order valence-electron chi connectivity index (χ2n) is 26.3. The Bertz CT molecular complexity index is 2890. The fourth-order valence-corrected chi connectivity index (χ4v) is 9.93. The monoisotopic (exact) mass is 1420 g/mol. The second kappa shape index (κ2) is 46.1. The first-order valence-electron chi connectivity index (χ1n) is 33.4. The van der Waals surface area contributed by atoms with Gasteiger partial charge in [0, 0.05) is 31.4 Å². The molecule has 38 nitrogen and oxygen atoms in total. The van der Waals surface area contributed by atoms with Crippen molar-refractivity contribution in [3.8, 4) is 0 Å².